The number of amides is 1. The Morgan fingerprint density at radius 2 is 1.79 bits per heavy atom. The minimum Gasteiger partial charge on any atom is -0.465 e. The standard InChI is InChI=1S/C25H22BrN3O5/c1-15-21(26)13-27-23(22(15)29(32)33)28(24(30)16-11-12-16)14-17-7-3-4-8-18(17)19-9-5-6-10-20(19)25(31)34-2/h3-10,13,16H,11-12,14H2,1-2H3. The molecule has 1 saturated carbocycles. The van der Waals surface area contributed by atoms with Gasteiger partial charge in [-0.25, -0.2) is 9.78 Å². The van der Waals surface area contributed by atoms with Gasteiger partial charge in [0.25, 0.3) is 0 Å². The van der Waals surface area contributed by atoms with Crippen molar-refractivity contribution in [1.29, 1.82) is 0 Å². The van der Waals surface area contributed by atoms with Gasteiger partial charge in [0.1, 0.15) is 0 Å². The molecule has 3 aromatic rings. The summed E-state index contributed by atoms with van der Waals surface area (Å²) < 4.78 is 5.43. The molecule has 9 heteroatoms. The third-order valence-electron chi connectivity index (χ3n) is 5.82. The predicted octanol–water partition coefficient (Wildman–Crippen LogP) is 5.46. The molecule has 1 heterocycles. The molecule has 1 fully saturated rings. The number of halogens is 1. The van der Waals surface area contributed by atoms with Crippen molar-refractivity contribution in [3.63, 3.8) is 0 Å². The first kappa shape index (κ1) is 23.6. The number of methoxy groups -OCH3 is 1. The maximum absolute atomic E-state index is 13.3. The Hall–Kier alpha value is -3.59. The molecule has 1 aromatic heterocycles. The molecule has 0 aliphatic heterocycles. The molecule has 4 rings (SSSR count). The Kier molecular flexibility index (Phi) is 6.74. The third-order valence-corrected chi connectivity index (χ3v) is 6.62. The zero-order valence-electron chi connectivity index (χ0n) is 18.7. The number of ether oxygens (including phenoxy) is 1. The molecule has 0 N–H and O–H groups in total. The van der Waals surface area contributed by atoms with Crippen LogP contribution in [0.1, 0.15) is 34.3 Å². The summed E-state index contributed by atoms with van der Waals surface area (Å²) in [5, 5.41) is 12.0. The van der Waals surface area contributed by atoms with Crippen LogP contribution in [0.3, 0.4) is 0 Å². The number of hydrogen-bond donors (Lipinski definition) is 0. The third kappa shape index (κ3) is 4.56. The molecule has 34 heavy (non-hydrogen) atoms. The van der Waals surface area contributed by atoms with Crippen LogP contribution in [0.4, 0.5) is 11.5 Å². The lowest BCUT2D eigenvalue weighted by Crippen LogP contribution is -2.33. The van der Waals surface area contributed by atoms with Crippen molar-refractivity contribution in [3.05, 3.63) is 86.0 Å². The molecule has 0 saturated heterocycles. The van der Waals surface area contributed by atoms with E-state index in [1.807, 2.05) is 36.4 Å². The number of carbonyl (C=O) groups is 2. The fourth-order valence-electron chi connectivity index (χ4n) is 3.88. The molecule has 174 valence electrons. The summed E-state index contributed by atoms with van der Waals surface area (Å²) in [6.07, 6.45) is 2.96. The first-order chi connectivity index (χ1) is 16.3. The first-order valence-electron chi connectivity index (χ1n) is 10.7. The average molecular weight is 524 g/mol. The second kappa shape index (κ2) is 9.72. The molecule has 0 unspecified atom stereocenters. The largest absolute Gasteiger partial charge is 0.465 e. The normalized spacial score (nSPS) is 12.8. The number of pyridine rings is 1. The number of benzene rings is 2. The molecule has 0 spiro atoms. The molecule has 0 bridgehead atoms. The van der Waals surface area contributed by atoms with Gasteiger partial charge in [0.2, 0.25) is 11.7 Å². The summed E-state index contributed by atoms with van der Waals surface area (Å²) in [7, 11) is 1.32. The smallest absolute Gasteiger partial charge is 0.338 e. The van der Waals surface area contributed by atoms with Crippen LogP contribution in [-0.4, -0.2) is 28.9 Å². The second-order valence-electron chi connectivity index (χ2n) is 8.05. The topological polar surface area (TPSA) is 103 Å². The van der Waals surface area contributed by atoms with Gasteiger partial charge in [-0.2, -0.15) is 0 Å². The van der Waals surface area contributed by atoms with E-state index in [1.165, 1.54) is 18.2 Å². The summed E-state index contributed by atoms with van der Waals surface area (Å²) in [5.74, 6) is -0.843. The van der Waals surface area contributed by atoms with Gasteiger partial charge >= 0.3 is 11.7 Å². The summed E-state index contributed by atoms with van der Waals surface area (Å²) >= 11 is 3.30. The van der Waals surface area contributed by atoms with E-state index < -0.39 is 10.9 Å². The van der Waals surface area contributed by atoms with Gasteiger partial charge < -0.3 is 4.74 Å². The SMILES string of the molecule is COC(=O)c1ccccc1-c1ccccc1CN(C(=O)C1CC1)c1ncc(Br)c(C)c1[N+](=O)[O-]. The van der Waals surface area contributed by atoms with Crippen LogP contribution in [0.15, 0.2) is 59.2 Å². The predicted molar refractivity (Wildman–Crippen MR) is 130 cm³/mol. The van der Waals surface area contributed by atoms with Crippen LogP contribution in [0, 0.1) is 23.0 Å². The number of nitro groups is 1. The van der Waals surface area contributed by atoms with Gasteiger partial charge in [0.15, 0.2) is 0 Å². The van der Waals surface area contributed by atoms with E-state index in [2.05, 4.69) is 20.9 Å². The number of aromatic nitrogens is 1. The van der Waals surface area contributed by atoms with Crippen molar-refractivity contribution in [2.45, 2.75) is 26.3 Å². The first-order valence-corrected chi connectivity index (χ1v) is 11.5. The van der Waals surface area contributed by atoms with E-state index in [9.17, 15) is 19.7 Å². The fraction of sp³-hybridized carbons (Fsp3) is 0.240. The monoisotopic (exact) mass is 523 g/mol. The number of rotatable bonds is 7. The van der Waals surface area contributed by atoms with Crippen molar-refractivity contribution < 1.29 is 19.2 Å². The lowest BCUT2D eigenvalue weighted by Gasteiger charge is -2.24. The highest BCUT2D eigenvalue weighted by molar-refractivity contribution is 9.10. The lowest BCUT2D eigenvalue weighted by atomic mass is 9.95. The summed E-state index contributed by atoms with van der Waals surface area (Å²) in [6.45, 7) is 1.68. The molecular formula is C25H22BrN3O5. The molecule has 2 aromatic carbocycles. The van der Waals surface area contributed by atoms with Crippen molar-refractivity contribution >= 4 is 39.3 Å². The summed E-state index contributed by atoms with van der Waals surface area (Å²) in [5.41, 5.74) is 2.68. The average Bonchev–Trinajstić information content (AvgIpc) is 3.69. The number of carbonyl (C=O) groups excluding carboxylic acids is 2. The molecule has 1 aliphatic carbocycles. The van der Waals surface area contributed by atoms with Gasteiger partial charge in [-0.15, -0.1) is 0 Å². The number of nitrogens with zero attached hydrogens (tertiary/aromatic N) is 3. The van der Waals surface area contributed by atoms with Gasteiger partial charge in [-0.05, 0) is 58.5 Å². The highest BCUT2D eigenvalue weighted by atomic mass is 79.9. The Morgan fingerprint density at radius 3 is 2.44 bits per heavy atom. The minimum atomic E-state index is -0.506. The Bertz CT molecular complexity index is 1290. The zero-order chi connectivity index (χ0) is 24.4. The molecule has 1 aliphatic rings. The van der Waals surface area contributed by atoms with Gasteiger partial charge in [0, 0.05) is 22.2 Å². The van der Waals surface area contributed by atoms with Gasteiger partial charge in [-0.1, -0.05) is 42.5 Å². The summed E-state index contributed by atoms with van der Waals surface area (Å²) in [6, 6.07) is 14.4. The highest BCUT2D eigenvalue weighted by Crippen LogP contribution is 2.39. The van der Waals surface area contributed by atoms with Crippen LogP contribution >= 0.6 is 15.9 Å². The Labute approximate surface area is 204 Å². The molecule has 0 radical (unpaired) electrons. The van der Waals surface area contributed by atoms with Crippen LogP contribution in [0.5, 0.6) is 0 Å². The number of esters is 1. The number of hydrogen-bond acceptors (Lipinski definition) is 6. The minimum absolute atomic E-state index is 0.0126. The van der Waals surface area contributed by atoms with E-state index in [0.717, 1.165) is 24.0 Å². The fourth-order valence-corrected chi connectivity index (χ4v) is 4.17. The molecule has 0 atom stereocenters. The van der Waals surface area contributed by atoms with Crippen molar-refractivity contribution in [1.82, 2.24) is 4.98 Å². The van der Waals surface area contributed by atoms with E-state index in [0.29, 0.717) is 21.2 Å². The van der Waals surface area contributed by atoms with Crippen LogP contribution in [-0.2, 0) is 16.1 Å². The van der Waals surface area contributed by atoms with Crippen molar-refractivity contribution in [2.24, 2.45) is 5.92 Å². The van der Waals surface area contributed by atoms with E-state index in [4.69, 9.17) is 4.74 Å². The maximum atomic E-state index is 13.3. The maximum Gasteiger partial charge on any atom is 0.338 e. The Morgan fingerprint density at radius 1 is 1.15 bits per heavy atom. The van der Waals surface area contributed by atoms with Crippen molar-refractivity contribution in [3.8, 4) is 11.1 Å². The van der Waals surface area contributed by atoms with Gasteiger partial charge in [0.05, 0.1) is 24.1 Å². The van der Waals surface area contributed by atoms with Crippen molar-refractivity contribution in [2.75, 3.05) is 12.0 Å². The molecule has 1 amide bonds. The van der Waals surface area contributed by atoms with E-state index in [1.54, 1.807) is 19.1 Å². The van der Waals surface area contributed by atoms with E-state index >= 15 is 0 Å². The summed E-state index contributed by atoms with van der Waals surface area (Å²) in [4.78, 5) is 42.8. The lowest BCUT2D eigenvalue weighted by molar-refractivity contribution is -0.384. The van der Waals surface area contributed by atoms with Crippen LogP contribution in [0.2, 0.25) is 0 Å². The van der Waals surface area contributed by atoms with E-state index in [-0.39, 0.29) is 29.9 Å². The zero-order valence-corrected chi connectivity index (χ0v) is 20.2. The number of anilines is 1. The van der Waals surface area contributed by atoms with Crippen LogP contribution < -0.4 is 4.90 Å². The molecular weight excluding hydrogens is 502 g/mol. The second-order valence-corrected chi connectivity index (χ2v) is 8.91. The van der Waals surface area contributed by atoms with Crippen LogP contribution in [0.25, 0.3) is 11.1 Å². The Balaban J connectivity index is 1.84. The quantitative estimate of drug-likeness (QED) is 0.231. The molecule has 8 nitrogen and oxygen atoms in total. The highest BCUT2D eigenvalue weighted by Gasteiger charge is 2.38. The van der Waals surface area contributed by atoms with Gasteiger partial charge in [-0.3, -0.25) is 19.8 Å².